The fraction of sp³-hybridized carbons (Fsp3) is 0.105. The molecule has 0 saturated carbocycles. The van der Waals surface area contributed by atoms with Gasteiger partial charge in [0.2, 0.25) is 5.82 Å². The predicted octanol–water partition coefficient (Wildman–Crippen LogP) is 5.43. The summed E-state index contributed by atoms with van der Waals surface area (Å²) < 4.78 is 94.5. The van der Waals surface area contributed by atoms with Crippen LogP contribution in [0.25, 0.3) is 11.3 Å². The molecule has 13 heteroatoms. The Morgan fingerprint density at radius 1 is 0.688 bits per heavy atom. The van der Waals surface area contributed by atoms with E-state index < -0.39 is 40.9 Å². The molecule has 0 atom stereocenters. The van der Waals surface area contributed by atoms with E-state index in [1.807, 2.05) is 0 Å². The van der Waals surface area contributed by atoms with Crippen molar-refractivity contribution >= 4 is 34.3 Å². The molecule has 0 amide bonds. The molecule has 0 aliphatic rings. The lowest BCUT2D eigenvalue weighted by Crippen LogP contribution is -2.12. The summed E-state index contributed by atoms with van der Waals surface area (Å²) in [4.78, 5) is 11.4. The van der Waals surface area contributed by atoms with Crippen molar-refractivity contribution in [3.05, 3.63) is 65.5 Å². The fourth-order valence-corrected chi connectivity index (χ4v) is 2.95. The minimum Gasteiger partial charge on any atom is -0.337 e. The van der Waals surface area contributed by atoms with Crippen molar-refractivity contribution in [3.63, 3.8) is 0 Å². The average Bonchev–Trinajstić information content (AvgIpc) is 2.96. The van der Waals surface area contributed by atoms with E-state index in [2.05, 4.69) is 25.6 Å². The van der Waals surface area contributed by atoms with E-state index in [0.717, 1.165) is 31.3 Å². The molecule has 0 aliphatic heterocycles. The molecule has 4 aromatic rings. The van der Waals surface area contributed by atoms with Gasteiger partial charge < -0.3 is 15.2 Å². The number of hydrogen-bond acceptors (Lipinski definition) is 5. The van der Waals surface area contributed by atoms with Gasteiger partial charge in [-0.25, -0.2) is 32.5 Å². The van der Waals surface area contributed by atoms with Crippen LogP contribution in [0.15, 0.2) is 36.4 Å². The number of nitrogens with zero attached hydrogens (tertiary/aromatic N) is 4. The molecule has 2 N–H and O–H groups in total. The summed E-state index contributed by atoms with van der Waals surface area (Å²) in [7, 11) is 1.06. The first-order valence-corrected chi connectivity index (χ1v) is 8.77. The molecule has 6 nitrogen and oxygen atoms in total. The maximum atomic E-state index is 13.6. The molecule has 4 rings (SSSR count). The molecule has 0 spiro atoms. The Balaban J connectivity index is 1.87. The number of aromatic nitrogens is 4. The molecule has 2 aromatic carbocycles. The Morgan fingerprint density at radius 3 is 1.56 bits per heavy atom. The van der Waals surface area contributed by atoms with Gasteiger partial charge in [-0.15, -0.1) is 0 Å². The second-order valence-corrected chi connectivity index (χ2v) is 6.63. The number of fused-ring (bicyclic) bond motifs is 1. The van der Waals surface area contributed by atoms with Crippen molar-refractivity contribution in [2.45, 2.75) is 6.18 Å². The average molecular weight is 456 g/mol. The van der Waals surface area contributed by atoms with E-state index in [0.29, 0.717) is 16.7 Å². The minimum atomic E-state index is -4.81. The topological polar surface area (TPSA) is 67.7 Å². The minimum absolute atomic E-state index is 0.136. The first-order valence-electron chi connectivity index (χ1n) is 8.77. The SMILES string of the molecule is Cn1c(C(F)(F)F)nc2nc(Nc3cc(F)cc(F)c3)c(Nc3cc(F)cc(F)c3)nc21. The summed E-state index contributed by atoms with van der Waals surface area (Å²) >= 11 is 0. The first-order chi connectivity index (χ1) is 15.0. The van der Waals surface area contributed by atoms with Gasteiger partial charge in [-0.3, -0.25) is 0 Å². The highest BCUT2D eigenvalue weighted by molar-refractivity contribution is 5.80. The van der Waals surface area contributed by atoms with E-state index >= 15 is 0 Å². The maximum Gasteiger partial charge on any atom is 0.449 e. The van der Waals surface area contributed by atoms with Crippen molar-refractivity contribution in [2.75, 3.05) is 10.6 Å². The van der Waals surface area contributed by atoms with Gasteiger partial charge in [-0.2, -0.15) is 13.2 Å². The van der Waals surface area contributed by atoms with Crippen LogP contribution in [-0.4, -0.2) is 19.5 Å². The zero-order chi connectivity index (χ0) is 23.2. The molecule has 0 radical (unpaired) electrons. The van der Waals surface area contributed by atoms with Crippen LogP contribution in [0.2, 0.25) is 0 Å². The van der Waals surface area contributed by atoms with E-state index in [1.54, 1.807) is 0 Å². The molecular formula is C19H11F7N6. The van der Waals surface area contributed by atoms with Crippen molar-refractivity contribution in [1.29, 1.82) is 0 Å². The van der Waals surface area contributed by atoms with Crippen molar-refractivity contribution < 1.29 is 30.7 Å². The molecule has 32 heavy (non-hydrogen) atoms. The van der Waals surface area contributed by atoms with Crippen molar-refractivity contribution in [3.8, 4) is 0 Å². The van der Waals surface area contributed by atoms with Gasteiger partial charge in [0.25, 0.3) is 0 Å². The Kier molecular flexibility index (Phi) is 5.11. The lowest BCUT2D eigenvalue weighted by molar-refractivity contribution is -0.146. The number of anilines is 4. The number of benzene rings is 2. The fourth-order valence-electron chi connectivity index (χ4n) is 2.95. The van der Waals surface area contributed by atoms with Crippen LogP contribution in [0.4, 0.5) is 53.7 Å². The van der Waals surface area contributed by atoms with Gasteiger partial charge in [-0.1, -0.05) is 0 Å². The third-order valence-electron chi connectivity index (χ3n) is 4.21. The van der Waals surface area contributed by atoms with Crippen molar-refractivity contribution in [1.82, 2.24) is 19.5 Å². The van der Waals surface area contributed by atoms with E-state index in [1.165, 1.54) is 0 Å². The molecule has 0 fully saturated rings. The van der Waals surface area contributed by atoms with Gasteiger partial charge in [-0.05, 0) is 24.3 Å². The van der Waals surface area contributed by atoms with Crippen LogP contribution in [0.1, 0.15) is 5.82 Å². The Labute approximate surface area is 174 Å². The number of rotatable bonds is 4. The van der Waals surface area contributed by atoms with Crippen LogP contribution in [0.3, 0.4) is 0 Å². The van der Waals surface area contributed by atoms with Gasteiger partial charge in [0.1, 0.15) is 23.3 Å². The normalized spacial score (nSPS) is 11.8. The third-order valence-corrected chi connectivity index (χ3v) is 4.21. The zero-order valence-electron chi connectivity index (χ0n) is 15.9. The highest BCUT2D eigenvalue weighted by Crippen LogP contribution is 2.33. The summed E-state index contributed by atoms with van der Waals surface area (Å²) in [6.45, 7) is 0. The molecular weight excluding hydrogens is 445 g/mol. The van der Waals surface area contributed by atoms with E-state index in [-0.39, 0.29) is 28.7 Å². The number of aryl methyl sites for hydroxylation is 1. The monoisotopic (exact) mass is 456 g/mol. The summed E-state index contributed by atoms with van der Waals surface area (Å²) in [5.74, 6) is -5.57. The Morgan fingerprint density at radius 2 is 1.12 bits per heavy atom. The molecule has 2 aromatic heterocycles. The van der Waals surface area contributed by atoms with Gasteiger partial charge in [0.15, 0.2) is 22.9 Å². The Bertz CT molecular complexity index is 1290. The molecule has 0 bridgehead atoms. The number of imidazole rings is 1. The molecule has 0 unspecified atom stereocenters. The smallest absolute Gasteiger partial charge is 0.337 e. The quantitative estimate of drug-likeness (QED) is 0.401. The molecule has 0 saturated heterocycles. The van der Waals surface area contributed by atoms with E-state index in [9.17, 15) is 30.7 Å². The largest absolute Gasteiger partial charge is 0.449 e. The number of alkyl halides is 3. The molecule has 2 heterocycles. The van der Waals surface area contributed by atoms with Crippen LogP contribution in [0, 0.1) is 23.3 Å². The first kappa shape index (κ1) is 21.3. The second-order valence-electron chi connectivity index (χ2n) is 6.63. The van der Waals surface area contributed by atoms with Gasteiger partial charge >= 0.3 is 6.18 Å². The summed E-state index contributed by atoms with van der Waals surface area (Å²) in [6, 6.07) is 4.85. The number of nitrogens with one attached hydrogen (secondary N) is 2. The van der Waals surface area contributed by atoms with Crippen molar-refractivity contribution in [2.24, 2.45) is 7.05 Å². The maximum absolute atomic E-state index is 13.6. The standard InChI is InChI=1S/C19H11F7N6/c1-32-17-16(31-18(32)19(24,25)26)29-14(27-12-4-8(20)2-9(21)5-12)15(30-17)28-13-6-10(22)3-11(23)7-13/h2-7H,1H3,(H,27,29)(H,28,30). The second kappa shape index (κ2) is 7.66. The van der Waals surface area contributed by atoms with Gasteiger partial charge in [0.05, 0.1) is 0 Å². The third kappa shape index (κ3) is 4.26. The van der Waals surface area contributed by atoms with Crippen LogP contribution < -0.4 is 10.6 Å². The lowest BCUT2D eigenvalue weighted by atomic mass is 10.3. The lowest BCUT2D eigenvalue weighted by Gasteiger charge is -2.13. The zero-order valence-corrected chi connectivity index (χ0v) is 15.9. The number of halogens is 7. The highest BCUT2D eigenvalue weighted by atomic mass is 19.4. The molecule has 166 valence electrons. The predicted molar refractivity (Wildman–Crippen MR) is 101 cm³/mol. The highest BCUT2D eigenvalue weighted by Gasteiger charge is 2.37. The Hall–Kier alpha value is -3.90. The summed E-state index contributed by atoms with van der Waals surface area (Å²) in [6.07, 6.45) is -4.81. The molecule has 0 aliphatic carbocycles. The van der Waals surface area contributed by atoms with Crippen LogP contribution >= 0.6 is 0 Å². The van der Waals surface area contributed by atoms with Crippen LogP contribution in [-0.2, 0) is 13.2 Å². The summed E-state index contributed by atoms with van der Waals surface area (Å²) in [5, 5.41) is 5.07. The van der Waals surface area contributed by atoms with E-state index in [4.69, 9.17) is 0 Å². The van der Waals surface area contributed by atoms with Gasteiger partial charge in [0, 0.05) is 30.6 Å². The number of hydrogen-bond donors (Lipinski definition) is 2. The summed E-state index contributed by atoms with van der Waals surface area (Å²) in [5.41, 5.74) is -0.998. The van der Waals surface area contributed by atoms with Crippen LogP contribution in [0.5, 0.6) is 0 Å².